The molecular formula is C16H18FN3O2S. The molecule has 5 nitrogen and oxygen atoms in total. The Morgan fingerprint density at radius 1 is 1.39 bits per heavy atom. The molecule has 1 aromatic carbocycles. The first-order valence-corrected chi connectivity index (χ1v) is 8.35. The molecule has 1 aliphatic heterocycles. The first kappa shape index (κ1) is 15.9. The SMILES string of the molecule is CC1CCN(C(=O)COc2nsnc2-c2cccc(F)c2)CC1. The van der Waals surface area contributed by atoms with Crippen molar-refractivity contribution in [2.24, 2.45) is 5.92 Å². The van der Waals surface area contributed by atoms with Crippen LogP contribution < -0.4 is 4.74 Å². The molecule has 0 aliphatic carbocycles. The van der Waals surface area contributed by atoms with Crippen LogP contribution in [0.25, 0.3) is 11.3 Å². The van der Waals surface area contributed by atoms with Crippen molar-refractivity contribution in [3.8, 4) is 17.1 Å². The predicted octanol–water partition coefficient (Wildman–Crippen LogP) is 2.98. The summed E-state index contributed by atoms with van der Waals surface area (Å²) in [6, 6.07) is 6.08. The third-order valence-corrected chi connectivity index (χ3v) is 4.54. The molecule has 1 aromatic heterocycles. The summed E-state index contributed by atoms with van der Waals surface area (Å²) in [5, 5.41) is 0. The number of amides is 1. The zero-order valence-corrected chi connectivity index (χ0v) is 13.7. The van der Waals surface area contributed by atoms with Crippen LogP contribution >= 0.6 is 11.7 Å². The Bertz CT molecular complexity index is 683. The molecule has 0 N–H and O–H groups in total. The second kappa shape index (κ2) is 7.04. The van der Waals surface area contributed by atoms with Crippen LogP contribution in [-0.4, -0.2) is 39.3 Å². The van der Waals surface area contributed by atoms with E-state index in [1.807, 2.05) is 4.90 Å². The normalized spacial score (nSPS) is 15.7. The summed E-state index contributed by atoms with van der Waals surface area (Å²) in [6.07, 6.45) is 2.05. The van der Waals surface area contributed by atoms with Gasteiger partial charge in [0, 0.05) is 18.7 Å². The lowest BCUT2D eigenvalue weighted by Crippen LogP contribution is -2.40. The van der Waals surface area contributed by atoms with Crippen molar-refractivity contribution >= 4 is 17.6 Å². The summed E-state index contributed by atoms with van der Waals surface area (Å²) in [5.41, 5.74) is 1.06. The van der Waals surface area contributed by atoms with Crippen LogP contribution in [0.1, 0.15) is 19.8 Å². The summed E-state index contributed by atoms with van der Waals surface area (Å²) in [5.74, 6) is 0.552. The zero-order chi connectivity index (χ0) is 16.2. The van der Waals surface area contributed by atoms with Crippen LogP contribution in [0.15, 0.2) is 24.3 Å². The van der Waals surface area contributed by atoms with Gasteiger partial charge in [0.25, 0.3) is 11.8 Å². The zero-order valence-electron chi connectivity index (χ0n) is 12.9. The van der Waals surface area contributed by atoms with Crippen molar-refractivity contribution in [3.05, 3.63) is 30.1 Å². The van der Waals surface area contributed by atoms with E-state index in [2.05, 4.69) is 15.7 Å². The van der Waals surface area contributed by atoms with E-state index in [1.54, 1.807) is 12.1 Å². The van der Waals surface area contributed by atoms with Gasteiger partial charge in [-0.25, -0.2) is 4.39 Å². The topological polar surface area (TPSA) is 55.3 Å². The van der Waals surface area contributed by atoms with Gasteiger partial charge in [-0.3, -0.25) is 4.79 Å². The lowest BCUT2D eigenvalue weighted by molar-refractivity contribution is -0.134. The number of carbonyl (C=O) groups excluding carboxylic acids is 1. The van der Waals surface area contributed by atoms with Crippen LogP contribution in [0.4, 0.5) is 4.39 Å². The molecule has 0 bridgehead atoms. The molecule has 1 saturated heterocycles. The number of benzene rings is 1. The van der Waals surface area contributed by atoms with Gasteiger partial charge >= 0.3 is 0 Å². The molecule has 3 rings (SSSR count). The number of rotatable bonds is 4. The number of nitrogens with zero attached hydrogens (tertiary/aromatic N) is 3. The number of likely N-dealkylation sites (tertiary alicyclic amines) is 1. The molecule has 0 spiro atoms. The molecule has 2 aromatic rings. The minimum Gasteiger partial charge on any atom is -0.465 e. The van der Waals surface area contributed by atoms with Gasteiger partial charge in [-0.2, -0.15) is 4.37 Å². The molecule has 0 saturated carbocycles. The molecular weight excluding hydrogens is 317 g/mol. The van der Waals surface area contributed by atoms with Gasteiger partial charge in [-0.1, -0.05) is 19.1 Å². The average Bonchev–Trinajstić information content (AvgIpc) is 3.02. The third-order valence-electron chi connectivity index (χ3n) is 4.03. The summed E-state index contributed by atoms with van der Waals surface area (Å²) in [7, 11) is 0. The van der Waals surface area contributed by atoms with E-state index in [9.17, 15) is 9.18 Å². The maximum Gasteiger partial charge on any atom is 0.260 e. The number of hydrogen-bond donors (Lipinski definition) is 0. The Hall–Kier alpha value is -2.02. The summed E-state index contributed by atoms with van der Waals surface area (Å²) in [6.45, 7) is 3.68. The molecule has 0 unspecified atom stereocenters. The maximum absolute atomic E-state index is 13.3. The molecule has 0 atom stereocenters. The van der Waals surface area contributed by atoms with Gasteiger partial charge in [0.05, 0.1) is 11.7 Å². The molecule has 7 heteroatoms. The fourth-order valence-electron chi connectivity index (χ4n) is 2.57. The van der Waals surface area contributed by atoms with Crippen molar-refractivity contribution < 1.29 is 13.9 Å². The van der Waals surface area contributed by atoms with Crippen LogP contribution in [-0.2, 0) is 4.79 Å². The van der Waals surface area contributed by atoms with E-state index in [0.717, 1.165) is 37.7 Å². The summed E-state index contributed by atoms with van der Waals surface area (Å²) in [4.78, 5) is 14.0. The molecule has 1 amide bonds. The average molecular weight is 335 g/mol. The first-order valence-electron chi connectivity index (χ1n) is 7.62. The standard InChI is InChI=1S/C16H18FN3O2S/c1-11-5-7-20(8-6-11)14(21)10-22-16-15(18-23-19-16)12-3-2-4-13(17)9-12/h2-4,9,11H,5-8,10H2,1H3. The van der Waals surface area contributed by atoms with Crippen molar-refractivity contribution in [1.29, 1.82) is 0 Å². The van der Waals surface area contributed by atoms with Crippen LogP contribution in [0, 0.1) is 11.7 Å². The van der Waals surface area contributed by atoms with Crippen LogP contribution in [0.2, 0.25) is 0 Å². The van der Waals surface area contributed by atoms with Gasteiger partial charge in [-0.05, 0) is 30.9 Å². The van der Waals surface area contributed by atoms with Gasteiger partial charge in [0.1, 0.15) is 11.5 Å². The monoisotopic (exact) mass is 335 g/mol. The minimum atomic E-state index is -0.347. The number of carbonyl (C=O) groups is 1. The molecule has 1 fully saturated rings. The molecule has 0 radical (unpaired) electrons. The molecule has 23 heavy (non-hydrogen) atoms. The lowest BCUT2D eigenvalue weighted by atomic mass is 9.99. The number of ether oxygens (including phenoxy) is 1. The van der Waals surface area contributed by atoms with Gasteiger partial charge in [-0.15, -0.1) is 4.37 Å². The van der Waals surface area contributed by atoms with Gasteiger partial charge in [0.15, 0.2) is 6.61 Å². The Kier molecular flexibility index (Phi) is 4.85. The Balaban J connectivity index is 1.63. The van der Waals surface area contributed by atoms with E-state index in [-0.39, 0.29) is 24.2 Å². The minimum absolute atomic E-state index is 0.0462. The molecule has 2 heterocycles. The molecule has 122 valence electrons. The molecule has 1 aliphatic rings. The highest BCUT2D eigenvalue weighted by atomic mass is 32.1. The number of hydrogen-bond acceptors (Lipinski definition) is 5. The highest BCUT2D eigenvalue weighted by molar-refractivity contribution is 6.99. The van der Waals surface area contributed by atoms with E-state index >= 15 is 0 Å². The van der Waals surface area contributed by atoms with E-state index < -0.39 is 0 Å². The number of piperidine rings is 1. The Morgan fingerprint density at radius 2 is 2.17 bits per heavy atom. The lowest BCUT2D eigenvalue weighted by Gasteiger charge is -2.30. The van der Waals surface area contributed by atoms with Gasteiger partial charge < -0.3 is 9.64 Å². The quantitative estimate of drug-likeness (QED) is 0.862. The van der Waals surface area contributed by atoms with Crippen molar-refractivity contribution in [2.45, 2.75) is 19.8 Å². The smallest absolute Gasteiger partial charge is 0.260 e. The number of halogens is 1. The van der Waals surface area contributed by atoms with E-state index in [0.29, 0.717) is 17.2 Å². The van der Waals surface area contributed by atoms with Crippen molar-refractivity contribution in [2.75, 3.05) is 19.7 Å². The second-order valence-electron chi connectivity index (χ2n) is 5.78. The van der Waals surface area contributed by atoms with E-state index in [4.69, 9.17) is 4.74 Å². The predicted molar refractivity (Wildman–Crippen MR) is 85.8 cm³/mol. The Labute approximate surface area is 138 Å². The first-order chi connectivity index (χ1) is 11.1. The maximum atomic E-state index is 13.3. The van der Waals surface area contributed by atoms with Crippen LogP contribution in [0.3, 0.4) is 0 Å². The van der Waals surface area contributed by atoms with Crippen molar-refractivity contribution in [1.82, 2.24) is 13.6 Å². The highest BCUT2D eigenvalue weighted by Gasteiger charge is 2.21. The second-order valence-corrected chi connectivity index (χ2v) is 6.31. The Morgan fingerprint density at radius 3 is 2.91 bits per heavy atom. The van der Waals surface area contributed by atoms with Crippen LogP contribution in [0.5, 0.6) is 5.88 Å². The summed E-state index contributed by atoms with van der Waals surface area (Å²) < 4.78 is 27.1. The number of aromatic nitrogens is 2. The fourth-order valence-corrected chi connectivity index (χ4v) is 3.09. The third kappa shape index (κ3) is 3.85. The highest BCUT2D eigenvalue weighted by Crippen LogP contribution is 2.28. The van der Waals surface area contributed by atoms with Gasteiger partial charge in [0.2, 0.25) is 0 Å². The van der Waals surface area contributed by atoms with E-state index in [1.165, 1.54) is 12.1 Å². The summed E-state index contributed by atoms with van der Waals surface area (Å²) >= 11 is 0.982. The fraction of sp³-hybridized carbons (Fsp3) is 0.438. The largest absolute Gasteiger partial charge is 0.465 e. The van der Waals surface area contributed by atoms with Crippen molar-refractivity contribution in [3.63, 3.8) is 0 Å².